The molecule has 0 amide bonds. The summed E-state index contributed by atoms with van der Waals surface area (Å²) in [7, 11) is 0. The molecule has 3 rings (SSSR count). The van der Waals surface area contributed by atoms with Gasteiger partial charge in [-0.3, -0.25) is 9.78 Å². The van der Waals surface area contributed by atoms with Crippen LogP contribution in [0.3, 0.4) is 0 Å². The highest BCUT2D eigenvalue weighted by Crippen LogP contribution is 2.32. The van der Waals surface area contributed by atoms with Crippen molar-refractivity contribution < 1.29 is 4.79 Å². The SMILES string of the molecule is CC1(C(=O)c2ccc3cccnc3c2)CCNCC1. The van der Waals surface area contributed by atoms with Gasteiger partial charge in [0, 0.05) is 22.6 Å². The molecule has 0 unspecified atom stereocenters. The van der Waals surface area contributed by atoms with E-state index >= 15 is 0 Å². The molecule has 0 saturated carbocycles. The van der Waals surface area contributed by atoms with E-state index in [1.165, 1.54) is 0 Å². The molecule has 3 nitrogen and oxygen atoms in total. The van der Waals surface area contributed by atoms with Gasteiger partial charge in [0.25, 0.3) is 0 Å². The molecule has 2 heterocycles. The Labute approximate surface area is 113 Å². The number of hydrogen-bond acceptors (Lipinski definition) is 3. The van der Waals surface area contributed by atoms with E-state index in [9.17, 15) is 4.79 Å². The molecule has 1 aromatic heterocycles. The van der Waals surface area contributed by atoms with Crippen LogP contribution in [0.4, 0.5) is 0 Å². The van der Waals surface area contributed by atoms with Crippen LogP contribution in [0.1, 0.15) is 30.1 Å². The first kappa shape index (κ1) is 12.3. The van der Waals surface area contributed by atoms with Crippen molar-refractivity contribution >= 4 is 16.7 Å². The molecule has 1 aliphatic rings. The van der Waals surface area contributed by atoms with E-state index in [1.807, 2.05) is 30.3 Å². The maximum Gasteiger partial charge on any atom is 0.168 e. The highest BCUT2D eigenvalue weighted by molar-refractivity contribution is 6.02. The zero-order valence-electron chi connectivity index (χ0n) is 11.1. The van der Waals surface area contributed by atoms with Crippen LogP contribution < -0.4 is 5.32 Å². The number of rotatable bonds is 2. The third-order valence-corrected chi connectivity index (χ3v) is 4.12. The van der Waals surface area contributed by atoms with Crippen LogP contribution in [0.25, 0.3) is 10.9 Å². The fourth-order valence-corrected chi connectivity index (χ4v) is 2.76. The summed E-state index contributed by atoms with van der Waals surface area (Å²) >= 11 is 0. The van der Waals surface area contributed by atoms with Crippen LogP contribution in [-0.2, 0) is 0 Å². The molecule has 1 aliphatic heterocycles. The Morgan fingerprint density at radius 2 is 2.05 bits per heavy atom. The average Bonchev–Trinajstić information content (AvgIpc) is 2.47. The van der Waals surface area contributed by atoms with Gasteiger partial charge in [0.1, 0.15) is 0 Å². The van der Waals surface area contributed by atoms with Gasteiger partial charge in [-0.2, -0.15) is 0 Å². The smallest absolute Gasteiger partial charge is 0.168 e. The lowest BCUT2D eigenvalue weighted by Gasteiger charge is -2.32. The van der Waals surface area contributed by atoms with Crippen molar-refractivity contribution in [2.75, 3.05) is 13.1 Å². The molecule has 0 bridgehead atoms. The number of Topliss-reactive ketones (excluding diaryl/α,β-unsaturated/α-hetero) is 1. The van der Waals surface area contributed by atoms with Crippen molar-refractivity contribution in [2.45, 2.75) is 19.8 Å². The van der Waals surface area contributed by atoms with Gasteiger partial charge in [0.15, 0.2) is 5.78 Å². The molecule has 3 heteroatoms. The minimum atomic E-state index is -0.228. The first-order chi connectivity index (χ1) is 9.19. The van der Waals surface area contributed by atoms with Crippen LogP contribution in [-0.4, -0.2) is 23.9 Å². The van der Waals surface area contributed by atoms with Gasteiger partial charge >= 0.3 is 0 Å². The van der Waals surface area contributed by atoms with Gasteiger partial charge in [-0.05, 0) is 38.1 Å². The summed E-state index contributed by atoms with van der Waals surface area (Å²) in [5.74, 6) is 0.251. The van der Waals surface area contributed by atoms with Crippen LogP contribution in [0, 0.1) is 5.41 Å². The molecule has 98 valence electrons. The highest BCUT2D eigenvalue weighted by atomic mass is 16.1. The highest BCUT2D eigenvalue weighted by Gasteiger charge is 2.35. The molecule has 0 radical (unpaired) electrons. The fraction of sp³-hybridized carbons (Fsp3) is 0.375. The molecular weight excluding hydrogens is 236 g/mol. The molecule has 1 aromatic carbocycles. The Hall–Kier alpha value is -1.74. The minimum Gasteiger partial charge on any atom is -0.317 e. The second kappa shape index (κ2) is 4.74. The number of piperidine rings is 1. The van der Waals surface area contributed by atoms with Crippen molar-refractivity contribution in [3.05, 3.63) is 42.1 Å². The predicted octanol–water partition coefficient (Wildman–Crippen LogP) is 2.81. The molecule has 0 aliphatic carbocycles. The van der Waals surface area contributed by atoms with Gasteiger partial charge in [-0.25, -0.2) is 0 Å². The Bertz CT molecular complexity index is 615. The van der Waals surface area contributed by atoms with E-state index in [4.69, 9.17) is 0 Å². The number of carbonyl (C=O) groups is 1. The van der Waals surface area contributed by atoms with Crippen LogP contribution >= 0.6 is 0 Å². The lowest BCUT2D eigenvalue weighted by Crippen LogP contribution is -2.40. The van der Waals surface area contributed by atoms with E-state index in [1.54, 1.807) is 6.20 Å². The molecule has 1 fully saturated rings. The van der Waals surface area contributed by atoms with E-state index in [0.717, 1.165) is 42.4 Å². The number of hydrogen-bond donors (Lipinski definition) is 1. The summed E-state index contributed by atoms with van der Waals surface area (Å²) in [4.78, 5) is 17.0. The number of pyridine rings is 1. The number of benzene rings is 1. The predicted molar refractivity (Wildman–Crippen MR) is 76.3 cm³/mol. The van der Waals surface area contributed by atoms with E-state index in [-0.39, 0.29) is 11.2 Å². The lowest BCUT2D eigenvalue weighted by molar-refractivity contribution is 0.0762. The number of fused-ring (bicyclic) bond motifs is 1. The summed E-state index contributed by atoms with van der Waals surface area (Å²) in [6, 6.07) is 9.77. The van der Waals surface area contributed by atoms with Gasteiger partial charge < -0.3 is 5.32 Å². The Morgan fingerprint density at radius 3 is 2.84 bits per heavy atom. The number of ketones is 1. The first-order valence-electron chi connectivity index (χ1n) is 6.79. The normalized spacial score (nSPS) is 18.4. The Kier molecular flexibility index (Phi) is 3.07. The molecular formula is C16H18N2O. The van der Waals surface area contributed by atoms with E-state index in [0.29, 0.717) is 0 Å². The lowest BCUT2D eigenvalue weighted by atomic mass is 9.75. The van der Waals surface area contributed by atoms with Crippen molar-refractivity contribution in [2.24, 2.45) is 5.41 Å². The maximum absolute atomic E-state index is 12.7. The van der Waals surface area contributed by atoms with Crippen LogP contribution in [0.2, 0.25) is 0 Å². The van der Waals surface area contributed by atoms with E-state index in [2.05, 4.69) is 17.2 Å². The number of nitrogens with zero attached hydrogens (tertiary/aromatic N) is 1. The van der Waals surface area contributed by atoms with Crippen LogP contribution in [0.5, 0.6) is 0 Å². The second-order valence-electron chi connectivity index (χ2n) is 5.55. The van der Waals surface area contributed by atoms with Gasteiger partial charge in [0.05, 0.1) is 5.52 Å². The zero-order valence-corrected chi connectivity index (χ0v) is 11.1. The Morgan fingerprint density at radius 1 is 1.26 bits per heavy atom. The molecule has 1 saturated heterocycles. The van der Waals surface area contributed by atoms with Crippen molar-refractivity contribution in [3.8, 4) is 0 Å². The molecule has 0 spiro atoms. The summed E-state index contributed by atoms with van der Waals surface area (Å²) < 4.78 is 0. The van der Waals surface area contributed by atoms with Crippen molar-refractivity contribution in [3.63, 3.8) is 0 Å². The van der Waals surface area contributed by atoms with Crippen LogP contribution in [0.15, 0.2) is 36.5 Å². The van der Waals surface area contributed by atoms with Gasteiger partial charge in [-0.1, -0.05) is 25.1 Å². The summed E-state index contributed by atoms with van der Waals surface area (Å²) in [5, 5.41) is 4.39. The topological polar surface area (TPSA) is 42.0 Å². The molecule has 19 heavy (non-hydrogen) atoms. The zero-order chi connectivity index (χ0) is 13.3. The summed E-state index contributed by atoms with van der Waals surface area (Å²) in [6.45, 7) is 3.93. The second-order valence-corrected chi connectivity index (χ2v) is 5.55. The quantitative estimate of drug-likeness (QED) is 0.838. The number of carbonyl (C=O) groups excluding carboxylic acids is 1. The number of aromatic nitrogens is 1. The summed E-state index contributed by atoms with van der Waals surface area (Å²) in [5.41, 5.74) is 1.45. The Balaban J connectivity index is 1.97. The summed E-state index contributed by atoms with van der Waals surface area (Å²) in [6.07, 6.45) is 3.58. The third-order valence-electron chi connectivity index (χ3n) is 4.12. The van der Waals surface area contributed by atoms with Gasteiger partial charge in [-0.15, -0.1) is 0 Å². The maximum atomic E-state index is 12.7. The molecule has 1 N–H and O–H groups in total. The molecule has 0 atom stereocenters. The van der Waals surface area contributed by atoms with Gasteiger partial charge in [0.2, 0.25) is 0 Å². The minimum absolute atomic E-state index is 0.228. The van der Waals surface area contributed by atoms with Crippen molar-refractivity contribution in [1.29, 1.82) is 0 Å². The monoisotopic (exact) mass is 254 g/mol. The van der Waals surface area contributed by atoms with Crippen molar-refractivity contribution in [1.82, 2.24) is 10.3 Å². The third kappa shape index (κ3) is 2.26. The standard InChI is InChI=1S/C16H18N2O/c1-16(6-9-17-10-7-16)15(19)13-5-4-12-3-2-8-18-14(12)11-13/h2-5,8,11,17H,6-7,9-10H2,1H3. The van der Waals surface area contributed by atoms with E-state index < -0.39 is 0 Å². The largest absolute Gasteiger partial charge is 0.317 e. The fourth-order valence-electron chi connectivity index (χ4n) is 2.76. The first-order valence-corrected chi connectivity index (χ1v) is 6.79. The molecule has 2 aromatic rings. The average molecular weight is 254 g/mol. The number of nitrogens with one attached hydrogen (secondary N) is 1.